The molecule has 2 heterocycles. The molecule has 0 unspecified atom stereocenters. The van der Waals surface area contributed by atoms with E-state index in [1.807, 2.05) is 0 Å². The third-order valence-corrected chi connectivity index (χ3v) is 1.74. The summed E-state index contributed by atoms with van der Waals surface area (Å²) in [6.45, 7) is 0. The third kappa shape index (κ3) is 1.05. The van der Waals surface area contributed by atoms with E-state index in [2.05, 4.69) is 5.10 Å². The van der Waals surface area contributed by atoms with Crippen LogP contribution in [0.4, 0.5) is 4.39 Å². The molecule has 2 aromatic rings. The monoisotopic (exact) mass is 179 g/mol. The number of nitrogens with two attached hydrogens (primary N) is 1. The van der Waals surface area contributed by atoms with Gasteiger partial charge in [0.1, 0.15) is 5.56 Å². The first-order valence-electron chi connectivity index (χ1n) is 3.63. The summed E-state index contributed by atoms with van der Waals surface area (Å²) >= 11 is 0. The van der Waals surface area contributed by atoms with Crippen LogP contribution in [0.2, 0.25) is 0 Å². The Bertz CT molecular complexity index is 477. The van der Waals surface area contributed by atoms with Crippen molar-refractivity contribution in [1.29, 1.82) is 0 Å². The Hall–Kier alpha value is -1.91. The normalized spacial score (nSPS) is 10.5. The number of aromatic nitrogens is 2. The SMILES string of the molecule is NC(=O)c1c(F)nn2ccccc12. The van der Waals surface area contributed by atoms with Crippen LogP contribution in [0.15, 0.2) is 24.4 Å². The van der Waals surface area contributed by atoms with Crippen molar-refractivity contribution in [2.45, 2.75) is 0 Å². The number of pyridine rings is 1. The molecule has 2 aromatic heterocycles. The summed E-state index contributed by atoms with van der Waals surface area (Å²) < 4.78 is 14.3. The Labute approximate surface area is 72.8 Å². The van der Waals surface area contributed by atoms with Gasteiger partial charge in [-0.1, -0.05) is 6.07 Å². The van der Waals surface area contributed by atoms with Crippen molar-refractivity contribution in [3.05, 3.63) is 35.9 Å². The van der Waals surface area contributed by atoms with Gasteiger partial charge in [0.05, 0.1) is 5.52 Å². The number of fused-ring (bicyclic) bond motifs is 1. The molecule has 0 saturated heterocycles. The van der Waals surface area contributed by atoms with Gasteiger partial charge in [-0.2, -0.15) is 4.39 Å². The van der Waals surface area contributed by atoms with E-state index in [1.54, 1.807) is 24.4 Å². The fourth-order valence-corrected chi connectivity index (χ4v) is 1.20. The molecule has 0 fully saturated rings. The molecule has 13 heavy (non-hydrogen) atoms. The smallest absolute Gasteiger partial charge is 0.255 e. The lowest BCUT2D eigenvalue weighted by atomic mass is 10.2. The minimum atomic E-state index is -0.835. The lowest BCUT2D eigenvalue weighted by Crippen LogP contribution is -2.12. The zero-order chi connectivity index (χ0) is 9.42. The van der Waals surface area contributed by atoms with Crippen molar-refractivity contribution in [2.75, 3.05) is 0 Å². The highest BCUT2D eigenvalue weighted by molar-refractivity contribution is 5.99. The van der Waals surface area contributed by atoms with Crippen LogP contribution in [0.5, 0.6) is 0 Å². The molecular formula is C8H6FN3O. The second-order valence-corrected chi connectivity index (χ2v) is 2.56. The van der Waals surface area contributed by atoms with Gasteiger partial charge in [-0.15, -0.1) is 5.10 Å². The maximum atomic E-state index is 13.0. The van der Waals surface area contributed by atoms with Crippen molar-refractivity contribution < 1.29 is 9.18 Å². The van der Waals surface area contributed by atoms with Crippen LogP contribution < -0.4 is 5.73 Å². The number of hydrogen-bond acceptors (Lipinski definition) is 2. The molecule has 0 saturated carbocycles. The zero-order valence-corrected chi connectivity index (χ0v) is 6.57. The van der Waals surface area contributed by atoms with Crippen LogP contribution in [0.1, 0.15) is 10.4 Å². The van der Waals surface area contributed by atoms with Gasteiger partial charge in [0.25, 0.3) is 5.91 Å². The number of carbonyl (C=O) groups excluding carboxylic acids is 1. The van der Waals surface area contributed by atoms with E-state index >= 15 is 0 Å². The van der Waals surface area contributed by atoms with Crippen LogP contribution in [-0.2, 0) is 0 Å². The van der Waals surface area contributed by atoms with Gasteiger partial charge in [0.15, 0.2) is 0 Å². The first kappa shape index (κ1) is 7.72. The van der Waals surface area contributed by atoms with Gasteiger partial charge in [0, 0.05) is 6.20 Å². The number of primary amides is 1. The minimum Gasteiger partial charge on any atom is -0.365 e. The second-order valence-electron chi connectivity index (χ2n) is 2.56. The van der Waals surface area contributed by atoms with E-state index < -0.39 is 11.9 Å². The highest BCUT2D eigenvalue weighted by atomic mass is 19.1. The topological polar surface area (TPSA) is 60.4 Å². The number of hydrogen-bond donors (Lipinski definition) is 1. The van der Waals surface area contributed by atoms with Gasteiger partial charge in [-0.05, 0) is 12.1 Å². The van der Waals surface area contributed by atoms with Gasteiger partial charge < -0.3 is 5.73 Å². The highest BCUT2D eigenvalue weighted by Gasteiger charge is 2.16. The second kappa shape index (κ2) is 2.55. The number of amides is 1. The number of halogens is 1. The number of nitrogens with zero attached hydrogens (tertiary/aromatic N) is 2. The molecule has 0 aliphatic carbocycles. The Balaban J connectivity index is 2.86. The highest BCUT2D eigenvalue weighted by Crippen LogP contribution is 2.12. The molecule has 2 rings (SSSR count). The van der Waals surface area contributed by atoms with Crippen molar-refractivity contribution in [3.8, 4) is 0 Å². The fraction of sp³-hybridized carbons (Fsp3) is 0. The first-order valence-corrected chi connectivity index (χ1v) is 3.63. The molecular weight excluding hydrogens is 173 g/mol. The Morgan fingerprint density at radius 1 is 1.54 bits per heavy atom. The Morgan fingerprint density at radius 2 is 2.31 bits per heavy atom. The van der Waals surface area contributed by atoms with Crippen LogP contribution in [0, 0.1) is 5.95 Å². The molecule has 2 N–H and O–H groups in total. The molecule has 0 spiro atoms. The van der Waals surface area contributed by atoms with Crippen molar-refractivity contribution in [1.82, 2.24) is 9.61 Å². The van der Waals surface area contributed by atoms with Gasteiger partial charge in [-0.3, -0.25) is 4.79 Å². The largest absolute Gasteiger partial charge is 0.365 e. The van der Waals surface area contributed by atoms with E-state index in [-0.39, 0.29) is 5.56 Å². The predicted octanol–water partition coefficient (Wildman–Crippen LogP) is 0.572. The Morgan fingerprint density at radius 3 is 3.00 bits per heavy atom. The summed E-state index contributed by atoms with van der Waals surface area (Å²) in [6.07, 6.45) is 1.55. The molecule has 66 valence electrons. The summed E-state index contributed by atoms with van der Waals surface area (Å²) in [5.74, 6) is -1.64. The minimum absolute atomic E-state index is 0.166. The maximum absolute atomic E-state index is 13.0. The van der Waals surface area contributed by atoms with E-state index in [1.165, 1.54) is 4.52 Å². The quantitative estimate of drug-likeness (QED) is 0.695. The van der Waals surface area contributed by atoms with Crippen LogP contribution in [-0.4, -0.2) is 15.5 Å². The summed E-state index contributed by atoms with van der Waals surface area (Å²) in [6, 6.07) is 4.95. The van der Waals surface area contributed by atoms with E-state index in [0.29, 0.717) is 5.52 Å². The van der Waals surface area contributed by atoms with Gasteiger partial charge >= 0.3 is 0 Å². The van der Waals surface area contributed by atoms with Gasteiger partial charge in [0.2, 0.25) is 5.95 Å². The molecule has 5 heteroatoms. The van der Waals surface area contributed by atoms with E-state index in [9.17, 15) is 9.18 Å². The zero-order valence-electron chi connectivity index (χ0n) is 6.57. The third-order valence-electron chi connectivity index (χ3n) is 1.74. The lowest BCUT2D eigenvalue weighted by molar-refractivity contribution is 0.0998. The standard InChI is InChI=1S/C8H6FN3O/c9-7-6(8(10)13)5-3-1-2-4-12(5)11-7/h1-4H,(H2,10,13). The molecule has 0 radical (unpaired) electrons. The number of rotatable bonds is 1. The lowest BCUT2D eigenvalue weighted by Gasteiger charge is -1.91. The van der Waals surface area contributed by atoms with E-state index in [0.717, 1.165) is 0 Å². The maximum Gasteiger partial charge on any atom is 0.255 e. The Kier molecular flexibility index (Phi) is 1.51. The molecule has 0 aromatic carbocycles. The average Bonchev–Trinajstić information content (AvgIpc) is 2.39. The van der Waals surface area contributed by atoms with Crippen molar-refractivity contribution >= 4 is 11.4 Å². The molecule has 0 aliphatic heterocycles. The van der Waals surface area contributed by atoms with Crippen LogP contribution >= 0.6 is 0 Å². The fourth-order valence-electron chi connectivity index (χ4n) is 1.20. The molecule has 0 aliphatic rings. The number of carbonyl (C=O) groups is 1. The molecule has 1 amide bonds. The summed E-state index contributed by atoms with van der Waals surface area (Å²) in [4.78, 5) is 10.8. The summed E-state index contributed by atoms with van der Waals surface area (Å²) in [5.41, 5.74) is 5.21. The summed E-state index contributed by atoms with van der Waals surface area (Å²) in [5, 5.41) is 3.48. The van der Waals surface area contributed by atoms with Crippen LogP contribution in [0.25, 0.3) is 5.52 Å². The molecule has 4 nitrogen and oxygen atoms in total. The van der Waals surface area contributed by atoms with Crippen LogP contribution in [0.3, 0.4) is 0 Å². The van der Waals surface area contributed by atoms with Crippen molar-refractivity contribution in [2.24, 2.45) is 5.73 Å². The summed E-state index contributed by atoms with van der Waals surface area (Å²) in [7, 11) is 0. The average molecular weight is 179 g/mol. The van der Waals surface area contributed by atoms with Crippen molar-refractivity contribution in [3.63, 3.8) is 0 Å². The molecule has 0 atom stereocenters. The predicted molar refractivity (Wildman–Crippen MR) is 43.7 cm³/mol. The first-order chi connectivity index (χ1) is 6.20. The van der Waals surface area contributed by atoms with Gasteiger partial charge in [-0.25, -0.2) is 4.52 Å². The molecule has 0 bridgehead atoms. The van der Waals surface area contributed by atoms with E-state index in [4.69, 9.17) is 5.73 Å².